The maximum atomic E-state index is 11.7. The maximum absolute atomic E-state index is 11.7. The molecule has 1 aliphatic heterocycles. The lowest BCUT2D eigenvalue weighted by Gasteiger charge is -2.28. The van der Waals surface area contributed by atoms with Gasteiger partial charge in [0.1, 0.15) is 0 Å². The standard InChI is InChI=1S/C11H17NO/c1-2-9-4-3-7-12(8-9)11(13)10-5-6-10/h3-4,9-10H,2,5-8H2,1H3. The van der Waals surface area contributed by atoms with Crippen LogP contribution in [0.5, 0.6) is 0 Å². The molecule has 2 heteroatoms. The zero-order chi connectivity index (χ0) is 9.26. The summed E-state index contributed by atoms with van der Waals surface area (Å²) < 4.78 is 0. The van der Waals surface area contributed by atoms with E-state index in [0.29, 0.717) is 17.7 Å². The Morgan fingerprint density at radius 3 is 2.92 bits per heavy atom. The van der Waals surface area contributed by atoms with Crippen LogP contribution >= 0.6 is 0 Å². The highest BCUT2D eigenvalue weighted by Crippen LogP contribution is 2.31. The first-order valence-electron chi connectivity index (χ1n) is 5.26. The second-order valence-electron chi connectivity index (χ2n) is 4.11. The molecule has 1 fully saturated rings. The number of hydrogen-bond acceptors (Lipinski definition) is 1. The number of nitrogens with zero attached hydrogens (tertiary/aromatic N) is 1. The molecule has 0 radical (unpaired) electrons. The number of carbonyl (C=O) groups excluding carboxylic acids is 1. The number of rotatable bonds is 2. The molecule has 0 aromatic heterocycles. The highest BCUT2D eigenvalue weighted by atomic mass is 16.2. The second-order valence-corrected chi connectivity index (χ2v) is 4.11. The first-order valence-corrected chi connectivity index (χ1v) is 5.26. The Morgan fingerprint density at radius 1 is 1.54 bits per heavy atom. The molecule has 1 aliphatic carbocycles. The third-order valence-electron chi connectivity index (χ3n) is 2.95. The molecule has 1 amide bonds. The van der Waals surface area contributed by atoms with Crippen LogP contribution in [0.25, 0.3) is 0 Å². The first-order chi connectivity index (χ1) is 6.31. The van der Waals surface area contributed by atoms with Crippen LogP contribution in [0.1, 0.15) is 26.2 Å². The lowest BCUT2D eigenvalue weighted by molar-refractivity contribution is -0.132. The summed E-state index contributed by atoms with van der Waals surface area (Å²) in [7, 11) is 0. The molecule has 0 spiro atoms. The summed E-state index contributed by atoms with van der Waals surface area (Å²) in [4.78, 5) is 13.7. The van der Waals surface area contributed by atoms with Gasteiger partial charge in [-0.1, -0.05) is 19.1 Å². The van der Waals surface area contributed by atoms with Crippen LogP contribution in [-0.2, 0) is 4.79 Å². The average Bonchev–Trinajstić information content (AvgIpc) is 3.00. The maximum Gasteiger partial charge on any atom is 0.225 e. The summed E-state index contributed by atoms with van der Waals surface area (Å²) in [5, 5.41) is 0. The van der Waals surface area contributed by atoms with Gasteiger partial charge in [0.25, 0.3) is 0 Å². The van der Waals surface area contributed by atoms with E-state index < -0.39 is 0 Å². The van der Waals surface area contributed by atoms with Crippen molar-refractivity contribution in [1.29, 1.82) is 0 Å². The molecule has 72 valence electrons. The fourth-order valence-corrected chi connectivity index (χ4v) is 1.83. The Kier molecular flexibility index (Phi) is 2.38. The van der Waals surface area contributed by atoms with Gasteiger partial charge in [-0.15, -0.1) is 0 Å². The molecule has 1 saturated carbocycles. The molecule has 0 aromatic carbocycles. The van der Waals surface area contributed by atoms with Crippen LogP contribution < -0.4 is 0 Å². The van der Waals surface area contributed by atoms with E-state index in [4.69, 9.17) is 0 Å². The normalized spacial score (nSPS) is 27.8. The van der Waals surface area contributed by atoms with Crippen LogP contribution in [0.3, 0.4) is 0 Å². The van der Waals surface area contributed by atoms with E-state index in [-0.39, 0.29) is 0 Å². The fourth-order valence-electron chi connectivity index (χ4n) is 1.83. The zero-order valence-corrected chi connectivity index (χ0v) is 8.20. The van der Waals surface area contributed by atoms with E-state index in [1.807, 2.05) is 4.90 Å². The Balaban J connectivity index is 1.93. The van der Waals surface area contributed by atoms with E-state index in [9.17, 15) is 4.79 Å². The van der Waals surface area contributed by atoms with Crippen LogP contribution in [-0.4, -0.2) is 23.9 Å². The summed E-state index contributed by atoms with van der Waals surface area (Å²) >= 11 is 0. The van der Waals surface area contributed by atoms with Crippen molar-refractivity contribution in [3.05, 3.63) is 12.2 Å². The predicted molar refractivity (Wildman–Crippen MR) is 52.2 cm³/mol. The molecule has 0 saturated heterocycles. The minimum Gasteiger partial charge on any atom is -0.338 e. The molecule has 2 aliphatic rings. The van der Waals surface area contributed by atoms with E-state index in [0.717, 1.165) is 32.4 Å². The van der Waals surface area contributed by atoms with E-state index in [1.54, 1.807) is 0 Å². The lowest BCUT2D eigenvalue weighted by atomic mass is 10.0. The quantitative estimate of drug-likeness (QED) is 0.592. The number of hydrogen-bond donors (Lipinski definition) is 0. The van der Waals surface area contributed by atoms with Crippen LogP contribution in [0.2, 0.25) is 0 Å². The molecular formula is C11H17NO. The van der Waals surface area contributed by atoms with Gasteiger partial charge in [-0.25, -0.2) is 0 Å². The van der Waals surface area contributed by atoms with Crippen molar-refractivity contribution in [2.75, 3.05) is 13.1 Å². The van der Waals surface area contributed by atoms with Gasteiger partial charge in [0.15, 0.2) is 0 Å². The Bertz CT molecular complexity index is 230. The van der Waals surface area contributed by atoms with Gasteiger partial charge in [0, 0.05) is 19.0 Å². The van der Waals surface area contributed by atoms with Crippen molar-refractivity contribution < 1.29 is 4.79 Å². The van der Waals surface area contributed by atoms with Crippen molar-refractivity contribution >= 4 is 5.91 Å². The Morgan fingerprint density at radius 2 is 2.31 bits per heavy atom. The van der Waals surface area contributed by atoms with E-state index >= 15 is 0 Å². The van der Waals surface area contributed by atoms with Crippen molar-refractivity contribution in [3.63, 3.8) is 0 Å². The van der Waals surface area contributed by atoms with Crippen molar-refractivity contribution in [1.82, 2.24) is 4.90 Å². The third-order valence-corrected chi connectivity index (χ3v) is 2.95. The SMILES string of the molecule is CCC1C=CCN(C(=O)C2CC2)C1. The predicted octanol–water partition coefficient (Wildman–Crippen LogP) is 1.82. The topological polar surface area (TPSA) is 20.3 Å². The molecule has 0 N–H and O–H groups in total. The number of amides is 1. The lowest BCUT2D eigenvalue weighted by Crippen LogP contribution is -2.38. The fraction of sp³-hybridized carbons (Fsp3) is 0.727. The van der Waals surface area contributed by atoms with Gasteiger partial charge in [0.05, 0.1) is 0 Å². The van der Waals surface area contributed by atoms with Crippen LogP contribution in [0.15, 0.2) is 12.2 Å². The summed E-state index contributed by atoms with van der Waals surface area (Å²) in [6.07, 6.45) is 7.77. The minimum atomic E-state index is 0.379. The van der Waals surface area contributed by atoms with Gasteiger partial charge >= 0.3 is 0 Å². The summed E-state index contributed by atoms with van der Waals surface area (Å²) in [6.45, 7) is 3.97. The highest BCUT2D eigenvalue weighted by Gasteiger charge is 2.34. The molecule has 0 aromatic rings. The van der Waals surface area contributed by atoms with Gasteiger partial charge in [-0.2, -0.15) is 0 Å². The highest BCUT2D eigenvalue weighted by molar-refractivity contribution is 5.81. The van der Waals surface area contributed by atoms with Crippen LogP contribution in [0.4, 0.5) is 0 Å². The average molecular weight is 179 g/mol. The summed E-state index contributed by atoms with van der Waals surface area (Å²) in [5.41, 5.74) is 0. The zero-order valence-electron chi connectivity index (χ0n) is 8.20. The molecular weight excluding hydrogens is 162 g/mol. The molecule has 1 atom stereocenters. The Labute approximate surface area is 79.6 Å². The minimum absolute atomic E-state index is 0.379. The van der Waals surface area contributed by atoms with Crippen molar-refractivity contribution in [3.8, 4) is 0 Å². The monoisotopic (exact) mass is 179 g/mol. The van der Waals surface area contributed by atoms with Crippen LogP contribution in [0, 0.1) is 11.8 Å². The second kappa shape index (κ2) is 3.52. The molecule has 1 unspecified atom stereocenters. The van der Waals surface area contributed by atoms with Gasteiger partial charge < -0.3 is 4.90 Å². The van der Waals surface area contributed by atoms with E-state index in [2.05, 4.69) is 19.1 Å². The summed E-state index contributed by atoms with van der Waals surface area (Å²) in [5.74, 6) is 1.36. The third kappa shape index (κ3) is 1.93. The molecule has 1 heterocycles. The van der Waals surface area contributed by atoms with Gasteiger partial charge in [-0.05, 0) is 25.2 Å². The molecule has 13 heavy (non-hydrogen) atoms. The number of carbonyl (C=O) groups is 1. The smallest absolute Gasteiger partial charge is 0.225 e. The van der Waals surface area contributed by atoms with Crippen molar-refractivity contribution in [2.45, 2.75) is 26.2 Å². The first kappa shape index (κ1) is 8.79. The van der Waals surface area contributed by atoms with Gasteiger partial charge in [-0.3, -0.25) is 4.79 Å². The molecule has 2 rings (SSSR count). The summed E-state index contributed by atoms with van der Waals surface area (Å²) in [6, 6.07) is 0. The van der Waals surface area contributed by atoms with Gasteiger partial charge in [0.2, 0.25) is 5.91 Å². The van der Waals surface area contributed by atoms with Crippen molar-refractivity contribution in [2.24, 2.45) is 11.8 Å². The largest absolute Gasteiger partial charge is 0.338 e. The van der Waals surface area contributed by atoms with E-state index in [1.165, 1.54) is 0 Å². The molecule has 2 nitrogen and oxygen atoms in total. The Hall–Kier alpha value is -0.790. The molecule has 0 bridgehead atoms.